The fourth-order valence-corrected chi connectivity index (χ4v) is 13.3. The summed E-state index contributed by atoms with van der Waals surface area (Å²) in [6.45, 7) is 3.78. The summed E-state index contributed by atoms with van der Waals surface area (Å²) in [6.07, 6.45) is 101. The number of aliphatic hydroxyl groups excluding tert-OH is 5. The van der Waals surface area contributed by atoms with Gasteiger partial charge in [-0.25, -0.2) is 0 Å². The minimum atomic E-state index is -1.56. The molecule has 96 heavy (non-hydrogen) atoms. The molecule has 0 aromatic rings. The summed E-state index contributed by atoms with van der Waals surface area (Å²) in [4.78, 5) is 13.2. The average molecular weight is 1350 g/mol. The highest BCUT2D eigenvalue weighted by atomic mass is 16.7. The maximum atomic E-state index is 13.2. The number of allylic oxidation sites excluding steroid dienone is 14. The molecule has 0 spiro atoms. The normalized spacial score (nSPS) is 17.8. The molecule has 0 aromatic carbocycles. The molecule has 0 bridgehead atoms. The van der Waals surface area contributed by atoms with Crippen LogP contribution in [-0.2, 0) is 14.3 Å². The quantitative estimate of drug-likeness (QED) is 0.0261. The lowest BCUT2D eigenvalue weighted by molar-refractivity contribution is -0.302. The zero-order valence-corrected chi connectivity index (χ0v) is 63.1. The highest BCUT2D eigenvalue weighted by Crippen LogP contribution is 2.24. The Morgan fingerprint density at radius 3 is 0.958 bits per heavy atom. The van der Waals surface area contributed by atoms with Crippen molar-refractivity contribution in [2.24, 2.45) is 0 Å². The third-order valence-electron chi connectivity index (χ3n) is 19.8. The van der Waals surface area contributed by atoms with Crippen LogP contribution in [-0.4, -0.2) is 87.5 Å². The average Bonchev–Trinajstić information content (AvgIpc) is 0.840. The topological polar surface area (TPSA) is 149 Å². The van der Waals surface area contributed by atoms with Crippen molar-refractivity contribution in [3.63, 3.8) is 0 Å². The van der Waals surface area contributed by atoms with Crippen LogP contribution in [0.4, 0.5) is 0 Å². The predicted molar refractivity (Wildman–Crippen MR) is 415 cm³/mol. The molecule has 1 fully saturated rings. The predicted octanol–water partition coefficient (Wildman–Crippen LogP) is 24.4. The van der Waals surface area contributed by atoms with Crippen molar-refractivity contribution in [2.45, 2.75) is 448 Å². The molecule has 6 N–H and O–H groups in total. The van der Waals surface area contributed by atoms with E-state index in [0.29, 0.717) is 12.8 Å². The summed E-state index contributed by atoms with van der Waals surface area (Å²) in [5.74, 6) is -0.138. The number of unbranched alkanes of at least 4 members (excludes halogenated alkanes) is 50. The van der Waals surface area contributed by atoms with Gasteiger partial charge in [0, 0.05) is 6.42 Å². The van der Waals surface area contributed by atoms with Gasteiger partial charge < -0.3 is 40.3 Å². The van der Waals surface area contributed by atoms with Crippen LogP contribution in [0.3, 0.4) is 0 Å². The van der Waals surface area contributed by atoms with Crippen LogP contribution in [0, 0.1) is 0 Å². The second kappa shape index (κ2) is 75.0. The molecule has 0 radical (unpaired) electrons. The van der Waals surface area contributed by atoms with Gasteiger partial charge >= 0.3 is 0 Å². The van der Waals surface area contributed by atoms with Crippen LogP contribution in [0.5, 0.6) is 0 Å². The minimum Gasteiger partial charge on any atom is -0.394 e. The molecule has 1 saturated heterocycles. The molecule has 1 amide bonds. The van der Waals surface area contributed by atoms with Gasteiger partial charge in [-0.2, -0.15) is 0 Å². The number of nitrogens with one attached hydrogen (secondary N) is 1. The van der Waals surface area contributed by atoms with Crippen LogP contribution in [0.1, 0.15) is 406 Å². The second-order valence-corrected chi connectivity index (χ2v) is 28.9. The lowest BCUT2D eigenvalue weighted by atomic mass is 9.99. The lowest BCUT2D eigenvalue weighted by Crippen LogP contribution is -2.60. The Labute approximate surface area is 594 Å². The van der Waals surface area contributed by atoms with Gasteiger partial charge in [-0.3, -0.25) is 4.79 Å². The fraction of sp³-hybridized carbons (Fsp3) is 0.828. The third kappa shape index (κ3) is 62.4. The molecule has 1 aliphatic heterocycles. The van der Waals surface area contributed by atoms with E-state index >= 15 is 0 Å². The Kier molecular flexibility index (Phi) is 71.4. The molecule has 7 unspecified atom stereocenters. The highest BCUT2D eigenvalue weighted by Gasteiger charge is 2.44. The van der Waals surface area contributed by atoms with E-state index in [9.17, 15) is 30.3 Å². The van der Waals surface area contributed by atoms with E-state index < -0.39 is 49.5 Å². The summed E-state index contributed by atoms with van der Waals surface area (Å²) in [5, 5.41) is 55.2. The van der Waals surface area contributed by atoms with Crippen LogP contribution >= 0.6 is 0 Å². The molecule has 0 aromatic heterocycles. The van der Waals surface area contributed by atoms with Gasteiger partial charge in [-0.05, 0) is 70.6 Å². The van der Waals surface area contributed by atoms with Gasteiger partial charge in [0.1, 0.15) is 24.4 Å². The number of hydrogen-bond donors (Lipinski definition) is 6. The first-order valence-electron chi connectivity index (χ1n) is 41.8. The number of rotatable bonds is 74. The Morgan fingerprint density at radius 2 is 0.646 bits per heavy atom. The van der Waals surface area contributed by atoms with Gasteiger partial charge in [0.25, 0.3) is 0 Å². The first kappa shape index (κ1) is 91.4. The van der Waals surface area contributed by atoms with E-state index in [1.165, 1.54) is 295 Å². The van der Waals surface area contributed by atoms with Crippen molar-refractivity contribution in [2.75, 3.05) is 13.2 Å². The summed E-state index contributed by atoms with van der Waals surface area (Å²) < 4.78 is 11.4. The van der Waals surface area contributed by atoms with Crippen LogP contribution in [0.15, 0.2) is 85.1 Å². The largest absolute Gasteiger partial charge is 0.394 e. The van der Waals surface area contributed by atoms with Gasteiger partial charge in [0.05, 0.1) is 25.4 Å². The van der Waals surface area contributed by atoms with Crippen molar-refractivity contribution in [3.8, 4) is 0 Å². The standard InChI is InChI=1S/C87H159NO8/c1-3-5-7-9-11-13-15-17-19-21-23-25-27-29-31-33-35-37-38-39-40-41-42-43-44-45-47-49-51-53-55-57-59-61-63-65-67-69-71-73-75-77-83(91)88-80(79-95-87-86(94)85(93)84(92)82(78-89)96-87)81(90)76-74-72-70-68-66-64-62-60-58-56-54-52-50-48-46-36-34-32-30-28-26-24-22-20-18-16-14-12-10-8-6-4-2/h5,7,11,13,17,19,23,25,29,31,35,37,39-40,80-82,84-87,89-90,92-94H,3-4,6,8-10,12,14-16,18,20-22,24,26-28,30,32-34,36,38,41-79H2,1-2H3,(H,88,91)/b7-5-,13-11-,19-17-,25-23-,31-29-,37-35-,40-39-. The number of amides is 1. The summed E-state index contributed by atoms with van der Waals surface area (Å²) in [5.41, 5.74) is 0. The van der Waals surface area contributed by atoms with Crippen molar-refractivity contribution >= 4 is 5.91 Å². The fourth-order valence-electron chi connectivity index (χ4n) is 13.3. The molecule has 1 aliphatic rings. The van der Waals surface area contributed by atoms with Crippen molar-refractivity contribution in [1.82, 2.24) is 5.32 Å². The SMILES string of the molecule is CC/C=C\C/C=C\C/C=C\C/C=C\C/C=C\C/C=C\C/C=C\CCCCCCCCCCCCCCCCCCCCCC(=O)NC(COC1OC(CO)C(O)C(O)C1O)C(O)CCCCCCCCCCCCCCCCCCCCCCCCCCCCCCCCCC. The van der Waals surface area contributed by atoms with E-state index in [-0.39, 0.29) is 12.5 Å². The van der Waals surface area contributed by atoms with Crippen molar-refractivity contribution in [3.05, 3.63) is 85.1 Å². The smallest absolute Gasteiger partial charge is 0.220 e. The first-order chi connectivity index (χ1) is 47.3. The van der Waals surface area contributed by atoms with E-state index in [4.69, 9.17) is 9.47 Å². The van der Waals surface area contributed by atoms with Crippen LogP contribution in [0.25, 0.3) is 0 Å². The molecule has 0 aliphatic carbocycles. The molecule has 9 heteroatoms. The van der Waals surface area contributed by atoms with E-state index in [2.05, 4.69) is 104 Å². The molecular weight excluding hydrogens is 1190 g/mol. The third-order valence-corrected chi connectivity index (χ3v) is 19.8. The molecule has 0 saturated carbocycles. The Bertz CT molecular complexity index is 1810. The van der Waals surface area contributed by atoms with Crippen LogP contribution in [0.2, 0.25) is 0 Å². The first-order valence-corrected chi connectivity index (χ1v) is 41.8. The van der Waals surface area contributed by atoms with E-state index in [1.54, 1.807) is 0 Å². The molecule has 7 atom stereocenters. The summed E-state index contributed by atoms with van der Waals surface area (Å²) >= 11 is 0. The molecule has 1 heterocycles. The Balaban J connectivity index is 2.04. The number of carbonyl (C=O) groups is 1. The minimum absolute atomic E-state index is 0.136. The van der Waals surface area contributed by atoms with E-state index in [0.717, 1.165) is 83.5 Å². The zero-order chi connectivity index (χ0) is 69.2. The number of ether oxygens (including phenoxy) is 2. The van der Waals surface area contributed by atoms with Crippen molar-refractivity contribution < 1.29 is 39.8 Å². The monoisotopic (exact) mass is 1350 g/mol. The lowest BCUT2D eigenvalue weighted by Gasteiger charge is -2.40. The van der Waals surface area contributed by atoms with Gasteiger partial charge in [0.15, 0.2) is 6.29 Å². The zero-order valence-electron chi connectivity index (χ0n) is 63.1. The Morgan fingerprint density at radius 1 is 0.365 bits per heavy atom. The summed E-state index contributed by atoms with van der Waals surface area (Å²) in [7, 11) is 0. The number of aliphatic hydroxyl groups is 5. The van der Waals surface area contributed by atoms with Gasteiger partial charge in [-0.1, -0.05) is 414 Å². The number of hydrogen-bond acceptors (Lipinski definition) is 8. The molecule has 9 nitrogen and oxygen atoms in total. The van der Waals surface area contributed by atoms with Crippen LogP contribution < -0.4 is 5.32 Å². The van der Waals surface area contributed by atoms with E-state index in [1.807, 2.05) is 0 Å². The van der Waals surface area contributed by atoms with Gasteiger partial charge in [0.2, 0.25) is 5.91 Å². The van der Waals surface area contributed by atoms with Gasteiger partial charge in [-0.15, -0.1) is 0 Å². The number of carbonyl (C=O) groups excluding carboxylic acids is 1. The molecular formula is C87H159NO8. The highest BCUT2D eigenvalue weighted by molar-refractivity contribution is 5.76. The summed E-state index contributed by atoms with van der Waals surface area (Å²) in [6, 6.07) is -0.723. The Hall–Kier alpha value is -2.63. The maximum Gasteiger partial charge on any atom is 0.220 e. The molecule has 560 valence electrons. The maximum absolute atomic E-state index is 13.2. The van der Waals surface area contributed by atoms with Crippen molar-refractivity contribution in [1.29, 1.82) is 0 Å². The second-order valence-electron chi connectivity index (χ2n) is 28.9. The molecule has 1 rings (SSSR count).